The molecule has 0 aliphatic rings. The molecule has 0 bridgehead atoms. The molecule has 68 valence electrons. The number of likely N-dealkylation sites (N-methyl/N-ethyl adjacent to an activating group) is 1. The van der Waals surface area contributed by atoms with Crippen LogP contribution in [-0.2, 0) is 4.79 Å². The second-order valence-electron chi connectivity index (χ2n) is 2.46. The Balaban J connectivity index is 2.79. The highest BCUT2D eigenvalue weighted by atomic mass is 16.2. The molecule has 0 spiro atoms. The first-order valence-electron chi connectivity index (χ1n) is 3.92. The van der Waals surface area contributed by atoms with Crippen molar-refractivity contribution < 1.29 is 4.79 Å². The van der Waals surface area contributed by atoms with E-state index in [1.807, 2.05) is 0 Å². The van der Waals surface area contributed by atoms with Gasteiger partial charge in [0.1, 0.15) is 0 Å². The molecule has 0 atom stereocenters. The van der Waals surface area contributed by atoms with E-state index < -0.39 is 0 Å². The molecule has 1 amide bonds. The predicted octanol–water partition coefficient (Wildman–Crippen LogP) is 1.02. The number of hydrogen-bond donors (Lipinski definition) is 0. The molecular weight excluding hydrogens is 166 g/mol. The molecule has 0 radical (unpaired) electrons. The molecule has 0 fully saturated rings. The quantitative estimate of drug-likeness (QED) is 0.633. The Hall–Kier alpha value is -1.71. The minimum Gasteiger partial charge on any atom is -0.295 e. The molecule has 0 saturated heterocycles. The Morgan fingerprint density at radius 2 is 2.31 bits per heavy atom. The van der Waals surface area contributed by atoms with Crippen molar-refractivity contribution in [3.63, 3.8) is 0 Å². The van der Waals surface area contributed by atoms with Crippen LogP contribution in [0.4, 0.5) is 5.82 Å². The Labute approximate surface area is 76.9 Å². The van der Waals surface area contributed by atoms with Crippen molar-refractivity contribution in [1.82, 2.24) is 9.97 Å². The van der Waals surface area contributed by atoms with Gasteiger partial charge in [0.2, 0.25) is 0 Å². The maximum atomic E-state index is 11.3. The fourth-order valence-electron chi connectivity index (χ4n) is 0.832. The van der Waals surface area contributed by atoms with Crippen LogP contribution in [0.15, 0.2) is 30.7 Å². The molecular formula is C9H11N3O. The summed E-state index contributed by atoms with van der Waals surface area (Å²) in [5, 5.41) is 0. The highest BCUT2D eigenvalue weighted by Gasteiger charge is 2.07. The van der Waals surface area contributed by atoms with Gasteiger partial charge in [0.15, 0.2) is 5.82 Å². The first-order valence-corrected chi connectivity index (χ1v) is 3.92. The highest BCUT2D eigenvalue weighted by molar-refractivity contribution is 6.00. The molecule has 4 nitrogen and oxygen atoms in total. The normalized spacial score (nSPS) is 10.3. The van der Waals surface area contributed by atoms with Crippen molar-refractivity contribution in [2.24, 2.45) is 0 Å². The molecule has 0 aromatic carbocycles. The van der Waals surface area contributed by atoms with Crippen molar-refractivity contribution in [1.29, 1.82) is 0 Å². The van der Waals surface area contributed by atoms with Crippen LogP contribution in [-0.4, -0.2) is 22.9 Å². The third-order valence-corrected chi connectivity index (χ3v) is 1.53. The Kier molecular flexibility index (Phi) is 3.14. The summed E-state index contributed by atoms with van der Waals surface area (Å²) >= 11 is 0. The van der Waals surface area contributed by atoms with E-state index in [2.05, 4.69) is 9.97 Å². The second-order valence-corrected chi connectivity index (χ2v) is 2.46. The third-order valence-electron chi connectivity index (χ3n) is 1.53. The lowest BCUT2D eigenvalue weighted by atomic mass is 10.4. The monoisotopic (exact) mass is 177 g/mol. The smallest absolute Gasteiger partial charge is 0.251 e. The van der Waals surface area contributed by atoms with E-state index in [0.717, 1.165) is 0 Å². The summed E-state index contributed by atoms with van der Waals surface area (Å²) in [6, 6.07) is 0. The summed E-state index contributed by atoms with van der Waals surface area (Å²) in [5.74, 6) is 0.439. The average molecular weight is 177 g/mol. The van der Waals surface area contributed by atoms with Gasteiger partial charge in [0.05, 0.1) is 6.20 Å². The number of rotatable bonds is 2. The number of hydrogen-bond acceptors (Lipinski definition) is 3. The molecule has 0 N–H and O–H groups in total. The van der Waals surface area contributed by atoms with Gasteiger partial charge >= 0.3 is 0 Å². The molecule has 0 aliphatic heterocycles. The van der Waals surface area contributed by atoms with Crippen LogP contribution in [0.2, 0.25) is 0 Å². The summed E-state index contributed by atoms with van der Waals surface area (Å²) in [7, 11) is 1.66. The lowest BCUT2D eigenvalue weighted by Crippen LogP contribution is -2.24. The summed E-state index contributed by atoms with van der Waals surface area (Å²) in [6.45, 7) is 1.79. The molecule has 0 saturated carbocycles. The molecule has 13 heavy (non-hydrogen) atoms. The van der Waals surface area contributed by atoms with Crippen molar-refractivity contribution in [3.05, 3.63) is 30.7 Å². The molecule has 0 aliphatic carbocycles. The van der Waals surface area contributed by atoms with Crippen molar-refractivity contribution >= 4 is 11.7 Å². The number of aromatic nitrogens is 2. The Morgan fingerprint density at radius 1 is 1.54 bits per heavy atom. The highest BCUT2D eigenvalue weighted by Crippen LogP contribution is 2.04. The van der Waals surface area contributed by atoms with E-state index in [4.69, 9.17) is 0 Å². The van der Waals surface area contributed by atoms with Gasteiger partial charge < -0.3 is 0 Å². The number of nitrogens with zero attached hydrogens (tertiary/aromatic N) is 3. The fraction of sp³-hybridized carbons (Fsp3) is 0.222. The van der Waals surface area contributed by atoms with E-state index in [1.54, 1.807) is 38.6 Å². The van der Waals surface area contributed by atoms with Gasteiger partial charge in [0.25, 0.3) is 5.91 Å². The van der Waals surface area contributed by atoms with E-state index in [1.165, 1.54) is 11.0 Å². The van der Waals surface area contributed by atoms with Gasteiger partial charge in [-0.05, 0) is 13.0 Å². The summed E-state index contributed by atoms with van der Waals surface area (Å²) in [6.07, 6.45) is 7.83. The molecule has 1 heterocycles. The van der Waals surface area contributed by atoms with Gasteiger partial charge in [-0.3, -0.25) is 14.7 Å². The van der Waals surface area contributed by atoms with Crippen LogP contribution in [0.25, 0.3) is 0 Å². The van der Waals surface area contributed by atoms with Gasteiger partial charge in [-0.2, -0.15) is 0 Å². The van der Waals surface area contributed by atoms with E-state index in [9.17, 15) is 4.79 Å². The zero-order chi connectivity index (χ0) is 9.68. The number of carbonyl (C=O) groups excluding carboxylic acids is 1. The first kappa shape index (κ1) is 9.38. The number of carbonyl (C=O) groups is 1. The summed E-state index contributed by atoms with van der Waals surface area (Å²) < 4.78 is 0. The Morgan fingerprint density at radius 3 is 2.85 bits per heavy atom. The van der Waals surface area contributed by atoms with Crippen LogP contribution in [0.5, 0.6) is 0 Å². The van der Waals surface area contributed by atoms with Crippen molar-refractivity contribution in [2.75, 3.05) is 11.9 Å². The van der Waals surface area contributed by atoms with E-state index in [0.29, 0.717) is 5.82 Å². The topological polar surface area (TPSA) is 46.1 Å². The van der Waals surface area contributed by atoms with Crippen LogP contribution in [0, 0.1) is 0 Å². The number of amides is 1. The fourth-order valence-corrected chi connectivity index (χ4v) is 0.832. The Bertz CT molecular complexity index is 308. The van der Waals surface area contributed by atoms with E-state index in [-0.39, 0.29) is 5.91 Å². The molecule has 1 rings (SSSR count). The molecule has 1 aromatic rings. The van der Waals surface area contributed by atoms with Crippen LogP contribution >= 0.6 is 0 Å². The maximum Gasteiger partial charge on any atom is 0.251 e. The summed E-state index contributed by atoms with van der Waals surface area (Å²) in [5.41, 5.74) is 0. The average Bonchev–Trinajstić information content (AvgIpc) is 2.18. The molecule has 1 aromatic heterocycles. The van der Waals surface area contributed by atoms with Gasteiger partial charge in [-0.1, -0.05) is 6.08 Å². The predicted molar refractivity (Wildman–Crippen MR) is 50.3 cm³/mol. The second kappa shape index (κ2) is 4.35. The van der Waals surface area contributed by atoms with E-state index >= 15 is 0 Å². The lowest BCUT2D eigenvalue weighted by molar-refractivity contribution is -0.113. The van der Waals surface area contributed by atoms with Crippen molar-refractivity contribution in [3.8, 4) is 0 Å². The number of allylic oxidation sites excluding steroid dienone is 1. The third kappa shape index (κ3) is 2.37. The molecule has 0 unspecified atom stereocenters. The van der Waals surface area contributed by atoms with Crippen LogP contribution in [0.1, 0.15) is 6.92 Å². The molecule has 4 heteroatoms. The standard InChI is InChI=1S/C9H11N3O/c1-3-4-9(13)12(2)8-7-10-5-6-11-8/h3-7H,1-2H3/b4-3+. The first-order chi connectivity index (χ1) is 6.25. The van der Waals surface area contributed by atoms with Crippen LogP contribution in [0.3, 0.4) is 0 Å². The minimum atomic E-state index is -0.108. The van der Waals surface area contributed by atoms with Gasteiger partial charge in [0, 0.05) is 19.4 Å². The minimum absolute atomic E-state index is 0.108. The zero-order valence-electron chi connectivity index (χ0n) is 7.64. The van der Waals surface area contributed by atoms with Crippen molar-refractivity contribution in [2.45, 2.75) is 6.92 Å². The summed E-state index contributed by atoms with van der Waals surface area (Å²) in [4.78, 5) is 20.6. The van der Waals surface area contributed by atoms with Gasteiger partial charge in [-0.25, -0.2) is 4.98 Å². The largest absolute Gasteiger partial charge is 0.295 e. The zero-order valence-corrected chi connectivity index (χ0v) is 7.64. The SMILES string of the molecule is C/C=C/C(=O)N(C)c1cnccn1. The lowest BCUT2D eigenvalue weighted by Gasteiger charge is -2.12. The van der Waals surface area contributed by atoms with Gasteiger partial charge in [-0.15, -0.1) is 0 Å². The number of anilines is 1. The van der Waals surface area contributed by atoms with Crippen LogP contribution < -0.4 is 4.90 Å². The maximum absolute atomic E-state index is 11.3.